The zero-order valence-electron chi connectivity index (χ0n) is 13.4. The van der Waals surface area contributed by atoms with Crippen LogP contribution in [0.2, 0.25) is 0 Å². The summed E-state index contributed by atoms with van der Waals surface area (Å²) in [5.74, 6) is -1.40. The lowest BCUT2D eigenvalue weighted by molar-refractivity contribution is 0.0944. The van der Waals surface area contributed by atoms with E-state index >= 15 is 0 Å². The summed E-state index contributed by atoms with van der Waals surface area (Å²) in [4.78, 5) is 35.5. The lowest BCUT2D eigenvalue weighted by Gasteiger charge is -2.05. The molecule has 2 rings (SSSR count). The van der Waals surface area contributed by atoms with Crippen LogP contribution in [0.3, 0.4) is 0 Å². The number of nitrogens with zero attached hydrogens (tertiary/aromatic N) is 2. The van der Waals surface area contributed by atoms with Gasteiger partial charge in [0.05, 0.1) is 5.69 Å². The number of hydrogen-bond acceptors (Lipinski definition) is 4. The van der Waals surface area contributed by atoms with Crippen LogP contribution >= 0.6 is 0 Å². The van der Waals surface area contributed by atoms with E-state index in [1.165, 1.54) is 10.6 Å². The van der Waals surface area contributed by atoms with Gasteiger partial charge in [0.15, 0.2) is 0 Å². The van der Waals surface area contributed by atoms with E-state index in [2.05, 4.69) is 16.7 Å². The van der Waals surface area contributed by atoms with Gasteiger partial charge in [0.2, 0.25) is 0 Å². The highest BCUT2D eigenvalue weighted by molar-refractivity contribution is 6.05. The van der Waals surface area contributed by atoms with Crippen molar-refractivity contribution in [2.75, 3.05) is 18.4 Å². The van der Waals surface area contributed by atoms with Crippen LogP contribution in [0, 0.1) is 6.07 Å². The summed E-state index contributed by atoms with van der Waals surface area (Å²) in [5, 5.41) is 5.32. The van der Waals surface area contributed by atoms with Crippen LogP contribution in [0.5, 0.6) is 0 Å². The highest BCUT2D eigenvalue weighted by Gasteiger charge is 2.17. The van der Waals surface area contributed by atoms with Crippen LogP contribution in [0.4, 0.5) is 5.69 Å². The maximum Gasteiger partial charge on any atom is 0.272 e. The van der Waals surface area contributed by atoms with Gasteiger partial charge in [0.25, 0.3) is 17.7 Å². The second kappa shape index (κ2) is 7.01. The molecule has 2 aromatic heterocycles. The molecular weight excluding hydrogens is 312 g/mol. The van der Waals surface area contributed by atoms with Gasteiger partial charge in [-0.2, -0.15) is 0 Å². The van der Waals surface area contributed by atoms with Crippen molar-refractivity contribution in [1.82, 2.24) is 14.5 Å². The monoisotopic (exact) mass is 331 g/mol. The van der Waals surface area contributed by atoms with Crippen molar-refractivity contribution in [2.24, 2.45) is 25.6 Å². The second-order valence-corrected chi connectivity index (χ2v) is 5.17. The molecule has 0 saturated heterocycles. The van der Waals surface area contributed by atoms with Gasteiger partial charge >= 0.3 is 0 Å². The molecule has 0 spiro atoms. The number of aryl methyl sites for hydroxylation is 1. The molecule has 9 heteroatoms. The fourth-order valence-electron chi connectivity index (χ4n) is 2.24. The first-order valence-electron chi connectivity index (χ1n) is 7.18. The van der Waals surface area contributed by atoms with Crippen molar-refractivity contribution in [1.29, 1.82) is 0 Å². The number of carbonyl (C=O) groups excluding carboxylic acids is 3. The summed E-state index contributed by atoms with van der Waals surface area (Å²) < 4.78 is 2.95. The topological polar surface area (TPSA) is 137 Å². The number of primary amides is 1. The predicted molar refractivity (Wildman–Crippen MR) is 87.5 cm³/mol. The minimum atomic E-state index is -0.671. The van der Waals surface area contributed by atoms with Gasteiger partial charge in [-0.3, -0.25) is 14.4 Å². The maximum absolute atomic E-state index is 12.3. The summed E-state index contributed by atoms with van der Waals surface area (Å²) >= 11 is 0. The average Bonchev–Trinajstić information content (AvgIpc) is 3.07. The molecule has 0 saturated carbocycles. The summed E-state index contributed by atoms with van der Waals surface area (Å²) in [5.41, 5.74) is 11.7. The van der Waals surface area contributed by atoms with Crippen molar-refractivity contribution >= 4 is 23.4 Å². The van der Waals surface area contributed by atoms with Gasteiger partial charge in [-0.25, -0.2) is 0 Å². The van der Waals surface area contributed by atoms with E-state index in [1.807, 2.05) is 0 Å². The third-order valence-electron chi connectivity index (χ3n) is 3.43. The van der Waals surface area contributed by atoms with Crippen LogP contribution in [-0.2, 0) is 14.1 Å². The smallest absolute Gasteiger partial charge is 0.272 e. The van der Waals surface area contributed by atoms with Crippen LogP contribution in [-0.4, -0.2) is 39.9 Å². The van der Waals surface area contributed by atoms with Gasteiger partial charge < -0.3 is 31.2 Å². The minimum absolute atomic E-state index is 0.107. The molecule has 0 fully saturated rings. The third kappa shape index (κ3) is 3.46. The Morgan fingerprint density at radius 1 is 1.21 bits per heavy atom. The molecule has 6 N–H and O–H groups in total. The van der Waals surface area contributed by atoms with Crippen LogP contribution in [0.25, 0.3) is 0 Å². The number of carbonyl (C=O) groups is 3. The van der Waals surface area contributed by atoms with Crippen molar-refractivity contribution in [3.63, 3.8) is 0 Å². The standard InChI is InChI=1S/C15H19N6O3/c1-20-8-9(7-12(20)14(23)18-6-5-16)19-15(24)11-4-3-10(13(17)22)21(11)2/h4,7-8H,5-6,16H2,1-2H3,(H2,17,22)(H,18,23)(H,19,24). The number of anilines is 1. The summed E-state index contributed by atoms with van der Waals surface area (Å²) in [6.45, 7) is 0.701. The van der Waals surface area contributed by atoms with Crippen LogP contribution < -0.4 is 22.1 Å². The normalized spacial score (nSPS) is 10.5. The van der Waals surface area contributed by atoms with Crippen LogP contribution in [0.1, 0.15) is 31.5 Å². The Labute approximate surface area is 138 Å². The molecule has 2 aromatic rings. The molecule has 0 aromatic carbocycles. The average molecular weight is 331 g/mol. The van der Waals surface area contributed by atoms with E-state index in [9.17, 15) is 14.4 Å². The Kier molecular flexibility index (Phi) is 5.05. The highest BCUT2D eigenvalue weighted by Crippen LogP contribution is 2.15. The lowest BCUT2D eigenvalue weighted by Crippen LogP contribution is -2.30. The van der Waals surface area contributed by atoms with Crippen molar-refractivity contribution in [3.05, 3.63) is 41.5 Å². The number of amides is 3. The second-order valence-electron chi connectivity index (χ2n) is 5.17. The molecule has 3 amide bonds. The Balaban J connectivity index is 2.15. The molecular formula is C15H19N6O3. The van der Waals surface area contributed by atoms with E-state index in [-0.39, 0.29) is 17.3 Å². The van der Waals surface area contributed by atoms with Gasteiger partial charge in [-0.1, -0.05) is 0 Å². The fourth-order valence-corrected chi connectivity index (χ4v) is 2.24. The van der Waals surface area contributed by atoms with E-state index in [1.54, 1.807) is 30.9 Å². The molecule has 9 nitrogen and oxygen atoms in total. The summed E-state index contributed by atoms with van der Waals surface area (Å²) in [7, 11) is 3.23. The largest absolute Gasteiger partial charge is 0.364 e. The first-order valence-corrected chi connectivity index (χ1v) is 7.18. The van der Waals surface area contributed by atoms with Crippen molar-refractivity contribution in [2.45, 2.75) is 0 Å². The highest BCUT2D eigenvalue weighted by atomic mass is 16.2. The fraction of sp³-hybridized carbons (Fsp3) is 0.267. The zero-order valence-corrected chi connectivity index (χ0v) is 13.4. The molecule has 0 aliphatic heterocycles. The van der Waals surface area contributed by atoms with E-state index in [0.717, 1.165) is 0 Å². The van der Waals surface area contributed by atoms with E-state index < -0.39 is 11.8 Å². The van der Waals surface area contributed by atoms with Gasteiger partial charge in [-0.05, 0) is 12.1 Å². The van der Waals surface area contributed by atoms with Crippen LogP contribution in [0.15, 0.2) is 18.3 Å². The van der Waals surface area contributed by atoms with Gasteiger partial charge in [-0.15, -0.1) is 0 Å². The van der Waals surface area contributed by atoms with Gasteiger partial charge in [0, 0.05) is 39.4 Å². The minimum Gasteiger partial charge on any atom is -0.364 e. The molecule has 0 unspecified atom stereocenters. The molecule has 2 heterocycles. The number of rotatable bonds is 6. The quantitative estimate of drug-likeness (QED) is 0.551. The number of hydrogen-bond donors (Lipinski definition) is 4. The van der Waals surface area contributed by atoms with E-state index in [4.69, 9.17) is 11.5 Å². The molecule has 127 valence electrons. The third-order valence-corrected chi connectivity index (χ3v) is 3.43. The lowest BCUT2D eigenvalue weighted by atomic mass is 10.3. The molecule has 0 atom stereocenters. The SMILES string of the molecule is Cn1cc(NC(=O)c2c[c]c(C(N)=O)n2C)cc1C(=O)NCCN. The number of aromatic nitrogens is 2. The van der Waals surface area contributed by atoms with Crippen molar-refractivity contribution < 1.29 is 14.4 Å². The first kappa shape index (κ1) is 17.3. The zero-order chi connectivity index (χ0) is 17.9. The number of nitrogens with one attached hydrogen (secondary N) is 2. The molecule has 1 radical (unpaired) electrons. The molecule has 0 bridgehead atoms. The van der Waals surface area contributed by atoms with Gasteiger partial charge in [0.1, 0.15) is 17.1 Å². The maximum atomic E-state index is 12.3. The first-order chi connectivity index (χ1) is 11.3. The Morgan fingerprint density at radius 3 is 2.50 bits per heavy atom. The summed E-state index contributed by atoms with van der Waals surface area (Å²) in [6.07, 6.45) is 1.61. The Bertz CT molecular complexity index is 789. The molecule has 0 aliphatic rings. The number of nitrogens with two attached hydrogens (primary N) is 2. The summed E-state index contributed by atoms with van der Waals surface area (Å²) in [6, 6.07) is 5.57. The Morgan fingerprint density at radius 2 is 1.92 bits per heavy atom. The Hall–Kier alpha value is -3.07. The van der Waals surface area contributed by atoms with E-state index in [0.29, 0.717) is 24.5 Å². The molecule has 24 heavy (non-hydrogen) atoms. The molecule has 0 aliphatic carbocycles. The van der Waals surface area contributed by atoms with Crippen molar-refractivity contribution in [3.8, 4) is 0 Å². The predicted octanol–water partition coefficient (Wildman–Crippen LogP) is -0.797.